The van der Waals surface area contributed by atoms with Gasteiger partial charge in [0.2, 0.25) is 0 Å². The third-order valence-electron chi connectivity index (χ3n) is 4.03. The molecule has 0 fully saturated rings. The topological polar surface area (TPSA) is 57.0 Å². The molecule has 4 aromatic rings. The van der Waals surface area contributed by atoms with Crippen molar-refractivity contribution in [1.82, 2.24) is 14.8 Å². The molecule has 2 aromatic heterocycles. The lowest BCUT2D eigenvalue weighted by Gasteiger charge is -2.00. The van der Waals surface area contributed by atoms with Crippen molar-refractivity contribution >= 4 is 54.4 Å². The molecular formula is C19H16BrN3O2S. The van der Waals surface area contributed by atoms with Crippen molar-refractivity contribution in [3.05, 3.63) is 57.6 Å². The first-order chi connectivity index (χ1) is 12.6. The maximum Gasteiger partial charge on any atom is 0.311 e. The van der Waals surface area contributed by atoms with Gasteiger partial charge in [-0.25, -0.2) is 4.98 Å². The summed E-state index contributed by atoms with van der Waals surface area (Å²) in [5.74, 6) is -0.257. The summed E-state index contributed by atoms with van der Waals surface area (Å²) in [7, 11) is 0. The Morgan fingerprint density at radius 1 is 1.27 bits per heavy atom. The molecule has 2 heterocycles. The van der Waals surface area contributed by atoms with Crippen LogP contribution in [0.2, 0.25) is 0 Å². The normalized spacial score (nSPS) is 11.3. The molecule has 0 unspecified atom stereocenters. The number of fused-ring (bicyclic) bond motifs is 2. The number of carbonyl (C=O) groups excluding carboxylic acids is 1. The molecule has 2 aromatic carbocycles. The summed E-state index contributed by atoms with van der Waals surface area (Å²) in [5, 5.41) is 6.62. The number of rotatable bonds is 5. The molecule has 26 heavy (non-hydrogen) atoms. The minimum Gasteiger partial charge on any atom is -0.466 e. The summed E-state index contributed by atoms with van der Waals surface area (Å²) in [6.07, 6.45) is 0.175. The summed E-state index contributed by atoms with van der Waals surface area (Å²) in [6, 6.07) is 14.0. The molecule has 0 aliphatic carbocycles. The number of hydrogen-bond donors (Lipinski definition) is 0. The highest BCUT2D eigenvalue weighted by atomic mass is 79.9. The minimum absolute atomic E-state index is 0.175. The van der Waals surface area contributed by atoms with Crippen LogP contribution in [0.15, 0.2) is 46.9 Å². The Bertz CT molecular complexity index is 1100. The third-order valence-corrected chi connectivity index (χ3v) is 5.53. The average molecular weight is 430 g/mol. The molecular weight excluding hydrogens is 414 g/mol. The molecule has 0 spiro atoms. The molecule has 0 radical (unpaired) electrons. The molecule has 0 N–H and O–H groups in total. The van der Waals surface area contributed by atoms with Gasteiger partial charge in [-0.05, 0) is 31.2 Å². The van der Waals surface area contributed by atoms with Crippen molar-refractivity contribution < 1.29 is 9.53 Å². The Balaban J connectivity index is 1.70. The van der Waals surface area contributed by atoms with Gasteiger partial charge < -0.3 is 4.74 Å². The van der Waals surface area contributed by atoms with Gasteiger partial charge in [0, 0.05) is 9.86 Å². The molecule has 4 rings (SSSR count). The molecule has 0 saturated carbocycles. The van der Waals surface area contributed by atoms with Crippen molar-refractivity contribution in [2.75, 3.05) is 6.61 Å². The first-order valence-corrected chi connectivity index (χ1v) is 9.90. The molecule has 7 heteroatoms. The number of hydrogen-bond acceptors (Lipinski definition) is 5. The van der Waals surface area contributed by atoms with Gasteiger partial charge in [-0.1, -0.05) is 34.1 Å². The van der Waals surface area contributed by atoms with Crippen molar-refractivity contribution in [3.8, 4) is 0 Å². The zero-order valence-corrected chi connectivity index (χ0v) is 16.5. The summed E-state index contributed by atoms with van der Waals surface area (Å²) < 4.78 is 9.16. The standard InChI is InChI=1S/C19H16BrN3O2S/c1-2-25-19(24)10-15-13-5-3-4-6-16(13)23(22-15)11-18-21-14-8-7-12(20)9-17(14)26-18/h3-9H,2,10-11H2,1H3. The second kappa shape index (κ2) is 7.17. The number of aromatic nitrogens is 3. The minimum atomic E-state index is -0.257. The Morgan fingerprint density at radius 3 is 2.96 bits per heavy atom. The molecule has 132 valence electrons. The first-order valence-electron chi connectivity index (χ1n) is 8.29. The average Bonchev–Trinajstić information content (AvgIpc) is 3.16. The number of nitrogens with zero attached hydrogens (tertiary/aromatic N) is 3. The number of halogens is 1. The fraction of sp³-hybridized carbons (Fsp3) is 0.211. The maximum atomic E-state index is 11.9. The molecule has 0 aliphatic heterocycles. The van der Waals surface area contributed by atoms with Gasteiger partial charge in [0.25, 0.3) is 0 Å². The molecule has 0 saturated heterocycles. The summed E-state index contributed by atoms with van der Waals surface area (Å²) in [5.41, 5.74) is 2.71. The van der Waals surface area contributed by atoms with Crippen LogP contribution in [0.1, 0.15) is 17.6 Å². The van der Waals surface area contributed by atoms with E-state index in [1.54, 1.807) is 18.3 Å². The lowest BCUT2D eigenvalue weighted by molar-refractivity contribution is -0.142. The summed E-state index contributed by atoms with van der Waals surface area (Å²) in [4.78, 5) is 16.6. The van der Waals surface area contributed by atoms with E-state index in [9.17, 15) is 4.79 Å². The van der Waals surface area contributed by atoms with E-state index < -0.39 is 0 Å². The molecule has 5 nitrogen and oxygen atoms in total. The first kappa shape index (κ1) is 17.2. The van der Waals surface area contributed by atoms with Crippen LogP contribution in [-0.2, 0) is 22.5 Å². The smallest absolute Gasteiger partial charge is 0.311 e. The van der Waals surface area contributed by atoms with Crippen LogP contribution >= 0.6 is 27.3 Å². The maximum absolute atomic E-state index is 11.9. The summed E-state index contributed by atoms with van der Waals surface area (Å²) in [6.45, 7) is 2.75. The quantitative estimate of drug-likeness (QED) is 0.436. The van der Waals surface area contributed by atoms with Gasteiger partial charge >= 0.3 is 5.97 Å². The van der Waals surface area contributed by atoms with E-state index in [0.29, 0.717) is 13.2 Å². The fourth-order valence-electron chi connectivity index (χ4n) is 2.94. The lowest BCUT2D eigenvalue weighted by Crippen LogP contribution is -2.09. The van der Waals surface area contributed by atoms with Crippen LogP contribution in [0, 0.1) is 0 Å². The van der Waals surface area contributed by atoms with Crippen LogP contribution < -0.4 is 0 Å². The Labute approximate surface area is 162 Å². The van der Waals surface area contributed by atoms with Crippen molar-refractivity contribution in [2.24, 2.45) is 0 Å². The van der Waals surface area contributed by atoms with Crippen molar-refractivity contribution in [3.63, 3.8) is 0 Å². The lowest BCUT2D eigenvalue weighted by atomic mass is 10.2. The highest BCUT2D eigenvalue weighted by Gasteiger charge is 2.15. The monoisotopic (exact) mass is 429 g/mol. The zero-order chi connectivity index (χ0) is 18.1. The van der Waals surface area contributed by atoms with E-state index in [-0.39, 0.29) is 12.4 Å². The summed E-state index contributed by atoms with van der Waals surface area (Å²) >= 11 is 5.15. The van der Waals surface area contributed by atoms with E-state index in [2.05, 4.69) is 27.1 Å². The number of esters is 1. The second-order valence-electron chi connectivity index (χ2n) is 5.82. The van der Waals surface area contributed by atoms with Gasteiger partial charge in [-0.15, -0.1) is 11.3 Å². The Kier molecular flexibility index (Phi) is 4.74. The zero-order valence-electron chi connectivity index (χ0n) is 14.1. The number of ether oxygens (including phenoxy) is 1. The fourth-order valence-corrected chi connectivity index (χ4v) is 4.44. The van der Waals surface area contributed by atoms with Crippen molar-refractivity contribution in [1.29, 1.82) is 0 Å². The molecule has 0 bridgehead atoms. The highest BCUT2D eigenvalue weighted by molar-refractivity contribution is 9.10. The van der Waals surface area contributed by atoms with Gasteiger partial charge in [0.1, 0.15) is 5.01 Å². The van der Waals surface area contributed by atoms with Gasteiger partial charge in [0.15, 0.2) is 0 Å². The second-order valence-corrected chi connectivity index (χ2v) is 7.85. The van der Waals surface area contributed by atoms with E-state index in [4.69, 9.17) is 9.72 Å². The number of para-hydroxylation sites is 1. The molecule has 0 amide bonds. The number of carbonyl (C=O) groups is 1. The van der Waals surface area contributed by atoms with E-state index >= 15 is 0 Å². The highest BCUT2D eigenvalue weighted by Crippen LogP contribution is 2.27. The van der Waals surface area contributed by atoms with Crippen molar-refractivity contribution in [2.45, 2.75) is 19.9 Å². The predicted molar refractivity (Wildman–Crippen MR) is 106 cm³/mol. The van der Waals surface area contributed by atoms with Crippen LogP contribution in [0.25, 0.3) is 21.1 Å². The third kappa shape index (κ3) is 3.37. The largest absolute Gasteiger partial charge is 0.466 e. The van der Waals surface area contributed by atoms with E-state index in [1.165, 1.54) is 0 Å². The molecule has 0 atom stereocenters. The molecule has 0 aliphatic rings. The predicted octanol–water partition coefficient (Wildman–Crippen LogP) is 4.56. The van der Waals surface area contributed by atoms with Crippen LogP contribution in [-0.4, -0.2) is 27.3 Å². The van der Waals surface area contributed by atoms with Crippen LogP contribution in [0.3, 0.4) is 0 Å². The van der Waals surface area contributed by atoms with E-state index in [1.807, 2.05) is 41.1 Å². The van der Waals surface area contributed by atoms with Gasteiger partial charge in [-0.2, -0.15) is 5.10 Å². The van der Waals surface area contributed by atoms with Crippen LogP contribution in [0.5, 0.6) is 0 Å². The van der Waals surface area contributed by atoms with Gasteiger partial charge in [-0.3, -0.25) is 9.48 Å². The Hall–Kier alpha value is -2.25. The number of thiazole rings is 1. The number of benzene rings is 2. The SMILES string of the molecule is CCOC(=O)Cc1nn(Cc2nc3ccc(Br)cc3s2)c2ccccc12. The van der Waals surface area contributed by atoms with E-state index in [0.717, 1.165) is 36.3 Å². The van der Waals surface area contributed by atoms with Crippen LogP contribution in [0.4, 0.5) is 0 Å². The Morgan fingerprint density at radius 2 is 2.12 bits per heavy atom. The van der Waals surface area contributed by atoms with Gasteiger partial charge in [0.05, 0.1) is 41.0 Å².